The minimum atomic E-state index is -0.562. The Kier molecular flexibility index (Phi) is 6.24. The van der Waals surface area contributed by atoms with Gasteiger partial charge >= 0.3 is 0 Å². The molecule has 6 rings (SSSR count). The molecule has 2 aliphatic heterocycles. The number of aliphatic hydroxyl groups is 1. The number of nitrogens with zero attached hydrogens (tertiary/aromatic N) is 4. The summed E-state index contributed by atoms with van der Waals surface area (Å²) in [4.78, 5) is 40.8. The normalized spacial score (nSPS) is 15.9. The number of aromatic nitrogens is 3. The molecule has 194 valence electrons. The summed E-state index contributed by atoms with van der Waals surface area (Å²) in [5.41, 5.74) is 2.32. The van der Waals surface area contributed by atoms with Crippen LogP contribution in [0.1, 0.15) is 29.6 Å². The predicted molar refractivity (Wildman–Crippen MR) is 143 cm³/mol. The molecule has 0 radical (unpaired) electrons. The second-order valence-corrected chi connectivity index (χ2v) is 9.71. The number of carbonyl (C=O) groups excluding carboxylic acids is 1. The molecule has 0 atom stereocenters. The van der Waals surface area contributed by atoms with Crippen molar-refractivity contribution >= 4 is 34.0 Å². The largest absolute Gasteiger partial charge is 0.393 e. The Morgan fingerprint density at radius 3 is 2.58 bits per heavy atom. The average Bonchev–Trinajstić information content (AvgIpc) is 2.88. The first-order chi connectivity index (χ1) is 18.5. The molecule has 0 bridgehead atoms. The number of aliphatic hydroxyl groups excluding tert-OH is 1. The van der Waals surface area contributed by atoms with Crippen molar-refractivity contribution in [3.05, 3.63) is 76.6 Å². The van der Waals surface area contributed by atoms with E-state index in [-0.39, 0.29) is 23.1 Å². The lowest BCUT2D eigenvalue weighted by molar-refractivity contribution is 0.0651. The minimum absolute atomic E-state index is 0.183. The second-order valence-electron chi connectivity index (χ2n) is 9.71. The van der Waals surface area contributed by atoms with E-state index in [0.717, 1.165) is 38.0 Å². The summed E-state index contributed by atoms with van der Waals surface area (Å²) in [6.07, 6.45) is 5.40. The number of H-pyrrole nitrogens is 1. The van der Waals surface area contributed by atoms with Crippen molar-refractivity contribution < 1.29 is 14.3 Å². The van der Waals surface area contributed by atoms with Gasteiger partial charge in [0.1, 0.15) is 11.6 Å². The lowest BCUT2D eigenvalue weighted by atomic mass is 10.0. The number of likely N-dealkylation sites (tertiary alicyclic amines) is 1. The van der Waals surface area contributed by atoms with E-state index >= 15 is 4.39 Å². The zero-order valence-corrected chi connectivity index (χ0v) is 20.7. The zero-order valence-electron chi connectivity index (χ0n) is 20.7. The van der Waals surface area contributed by atoms with Crippen molar-refractivity contribution in [2.75, 3.05) is 36.4 Å². The van der Waals surface area contributed by atoms with Gasteiger partial charge in [0.05, 0.1) is 40.3 Å². The van der Waals surface area contributed by atoms with Gasteiger partial charge in [-0.2, -0.15) is 0 Å². The second kappa shape index (κ2) is 9.86. The number of hydrogen-bond donors (Lipinski definition) is 3. The molecule has 3 N–H and O–H groups in total. The van der Waals surface area contributed by atoms with Gasteiger partial charge in [0.2, 0.25) is 0 Å². The van der Waals surface area contributed by atoms with Gasteiger partial charge in [-0.25, -0.2) is 14.4 Å². The van der Waals surface area contributed by atoms with E-state index in [1.807, 2.05) is 12.1 Å². The maximum Gasteiger partial charge on any atom is 0.259 e. The van der Waals surface area contributed by atoms with Crippen molar-refractivity contribution in [2.24, 2.45) is 0 Å². The molecule has 3 aromatic heterocycles. The molecular weight excluding hydrogens is 487 g/mol. The molecule has 0 unspecified atom stereocenters. The molecule has 0 spiro atoms. The van der Waals surface area contributed by atoms with Gasteiger partial charge in [0.25, 0.3) is 11.5 Å². The Hall–Kier alpha value is -4.31. The van der Waals surface area contributed by atoms with E-state index in [9.17, 15) is 14.7 Å². The monoisotopic (exact) mass is 514 g/mol. The van der Waals surface area contributed by atoms with E-state index in [4.69, 9.17) is 0 Å². The highest BCUT2D eigenvalue weighted by molar-refractivity contribution is 5.96. The number of pyridine rings is 3. The van der Waals surface area contributed by atoms with Crippen LogP contribution in [-0.4, -0.2) is 63.1 Å². The molecule has 2 aliphatic rings. The molecule has 38 heavy (non-hydrogen) atoms. The third-order valence-electron chi connectivity index (χ3n) is 7.21. The molecule has 0 aliphatic carbocycles. The minimum Gasteiger partial charge on any atom is -0.393 e. The van der Waals surface area contributed by atoms with Gasteiger partial charge < -0.3 is 25.2 Å². The quantitative estimate of drug-likeness (QED) is 0.372. The number of nitrogens with one attached hydrogen (secondary N) is 2. The maximum absolute atomic E-state index is 15.2. The third kappa shape index (κ3) is 4.58. The highest BCUT2D eigenvalue weighted by Gasteiger charge is 2.23. The van der Waals surface area contributed by atoms with Crippen molar-refractivity contribution in [1.29, 1.82) is 0 Å². The van der Waals surface area contributed by atoms with Gasteiger partial charge in [-0.15, -0.1) is 0 Å². The Labute approximate surface area is 218 Å². The van der Waals surface area contributed by atoms with E-state index in [1.165, 1.54) is 12.3 Å². The third-order valence-corrected chi connectivity index (χ3v) is 7.21. The Bertz CT molecular complexity index is 1560. The number of amides is 1. The molecule has 2 fully saturated rings. The van der Waals surface area contributed by atoms with Crippen LogP contribution in [0.2, 0.25) is 0 Å². The summed E-state index contributed by atoms with van der Waals surface area (Å²) in [5, 5.41) is 13.3. The lowest BCUT2D eigenvalue weighted by Gasteiger charge is -2.31. The summed E-state index contributed by atoms with van der Waals surface area (Å²) >= 11 is 0. The van der Waals surface area contributed by atoms with E-state index in [2.05, 4.69) is 25.2 Å². The number of halogens is 1. The van der Waals surface area contributed by atoms with E-state index in [1.54, 1.807) is 35.4 Å². The molecule has 1 aromatic carbocycles. The summed E-state index contributed by atoms with van der Waals surface area (Å²) in [7, 11) is 0. The molecular formula is C28H27FN6O3. The number of rotatable bonds is 5. The Morgan fingerprint density at radius 1 is 1.08 bits per heavy atom. The fourth-order valence-corrected chi connectivity index (χ4v) is 4.90. The average molecular weight is 515 g/mol. The number of carbonyl (C=O) groups is 1. The molecule has 10 heteroatoms. The van der Waals surface area contributed by atoms with Crippen LogP contribution in [0.15, 0.2) is 59.7 Å². The van der Waals surface area contributed by atoms with Crippen LogP contribution in [0.4, 0.5) is 21.6 Å². The number of fused-ring (bicyclic) bond motifs is 1. The van der Waals surface area contributed by atoms with Gasteiger partial charge in [-0.3, -0.25) is 9.59 Å². The fourth-order valence-electron chi connectivity index (χ4n) is 4.90. The maximum atomic E-state index is 15.2. The first-order valence-electron chi connectivity index (χ1n) is 12.7. The van der Waals surface area contributed by atoms with Crippen LogP contribution in [0.5, 0.6) is 0 Å². The molecule has 0 saturated carbocycles. The predicted octanol–water partition coefficient (Wildman–Crippen LogP) is 3.67. The highest BCUT2D eigenvalue weighted by atomic mass is 19.1. The van der Waals surface area contributed by atoms with Crippen molar-refractivity contribution in [3.8, 4) is 11.3 Å². The lowest BCUT2D eigenvalue weighted by Crippen LogP contribution is -2.42. The highest BCUT2D eigenvalue weighted by Crippen LogP contribution is 2.31. The number of hydrogen-bond acceptors (Lipinski definition) is 7. The zero-order chi connectivity index (χ0) is 26.2. The van der Waals surface area contributed by atoms with Crippen LogP contribution in [-0.2, 0) is 0 Å². The molecule has 2 saturated heterocycles. The molecule has 9 nitrogen and oxygen atoms in total. The van der Waals surface area contributed by atoms with Crippen LogP contribution >= 0.6 is 0 Å². The summed E-state index contributed by atoms with van der Waals surface area (Å²) in [5.74, 6) is -0.228. The molecule has 4 aromatic rings. The number of piperidine rings is 1. The summed E-state index contributed by atoms with van der Waals surface area (Å²) in [6.45, 7) is 2.90. The van der Waals surface area contributed by atoms with E-state index in [0.29, 0.717) is 46.8 Å². The SMILES string of the molecule is O=C(c1ccc(-c2cc(Nc3ccc(N4CCC(O)CC4)cn3)c3c(=O)[nH]ccc3n2)c(F)c1)N1CCC1. The van der Waals surface area contributed by atoms with E-state index < -0.39 is 5.82 Å². The van der Waals surface area contributed by atoms with Gasteiger partial charge in [-0.05, 0) is 61.7 Å². The molecule has 5 heterocycles. The van der Waals surface area contributed by atoms with Gasteiger partial charge in [0.15, 0.2) is 0 Å². The van der Waals surface area contributed by atoms with Crippen LogP contribution in [0, 0.1) is 5.82 Å². The number of anilines is 3. The fraction of sp³-hybridized carbons (Fsp3) is 0.286. The molecule has 1 amide bonds. The standard InChI is InChI=1S/C28H27FN6O3/c29-21-14-17(28(38)35-10-1-11-35)2-4-20(21)23-15-24(26-22(32-23)6-9-30-27(26)37)33-25-5-3-18(16-31-25)34-12-7-19(36)8-13-34/h2-6,9,14-16,19,36H,1,7-8,10-13H2,(H,30,37)(H,31,32,33). The van der Waals surface area contributed by atoms with Crippen LogP contribution < -0.4 is 15.8 Å². The summed E-state index contributed by atoms with van der Waals surface area (Å²) < 4.78 is 15.2. The number of aromatic amines is 1. The van der Waals surface area contributed by atoms with Crippen LogP contribution in [0.3, 0.4) is 0 Å². The first-order valence-corrected chi connectivity index (χ1v) is 12.7. The van der Waals surface area contributed by atoms with Crippen molar-refractivity contribution in [1.82, 2.24) is 19.9 Å². The smallest absolute Gasteiger partial charge is 0.259 e. The van der Waals surface area contributed by atoms with Crippen molar-refractivity contribution in [3.63, 3.8) is 0 Å². The topological polar surface area (TPSA) is 114 Å². The van der Waals surface area contributed by atoms with Gasteiger partial charge in [-0.1, -0.05) is 0 Å². The first kappa shape index (κ1) is 24.1. The Morgan fingerprint density at radius 2 is 1.89 bits per heavy atom. The number of benzene rings is 1. The summed E-state index contributed by atoms with van der Waals surface area (Å²) in [6, 6.07) is 11.4. The van der Waals surface area contributed by atoms with Gasteiger partial charge in [0, 0.05) is 43.5 Å². The van der Waals surface area contributed by atoms with Crippen LogP contribution in [0.25, 0.3) is 22.2 Å². The van der Waals surface area contributed by atoms with Crippen molar-refractivity contribution in [2.45, 2.75) is 25.4 Å². The Balaban J connectivity index is 1.32.